The van der Waals surface area contributed by atoms with Gasteiger partial charge in [-0.15, -0.1) is 0 Å². The smallest absolute Gasteiger partial charge is 0.282 e. The molecule has 0 N–H and O–H groups in total. The molecule has 0 aliphatic carbocycles. The number of anilines is 1. The summed E-state index contributed by atoms with van der Waals surface area (Å²) in [5.74, 6) is -0.192. The normalized spacial score (nSPS) is 16.7. The lowest BCUT2D eigenvalue weighted by molar-refractivity contribution is -0.384. The van der Waals surface area contributed by atoms with Crippen molar-refractivity contribution in [2.24, 2.45) is 0 Å². The van der Waals surface area contributed by atoms with Gasteiger partial charge in [-0.1, -0.05) is 0 Å². The maximum atomic E-state index is 13.3. The number of non-ortho nitro benzene ring substituents is 1. The first-order chi connectivity index (χ1) is 14.0. The SMILES string of the molecule is COc1ccc(N2C(=O)C(c3ccc([N+](=O)[O-])cc3)=C(N3CCCC3)C2=O)cc1. The van der Waals surface area contributed by atoms with Gasteiger partial charge in [0.25, 0.3) is 17.5 Å². The van der Waals surface area contributed by atoms with Crippen LogP contribution in [0.1, 0.15) is 18.4 Å². The quantitative estimate of drug-likeness (QED) is 0.440. The van der Waals surface area contributed by atoms with Crippen LogP contribution in [-0.4, -0.2) is 41.8 Å². The van der Waals surface area contributed by atoms with Crippen LogP contribution < -0.4 is 9.64 Å². The Morgan fingerprint density at radius 1 is 0.931 bits per heavy atom. The monoisotopic (exact) mass is 393 g/mol. The number of nitro groups is 1. The van der Waals surface area contributed by atoms with Gasteiger partial charge in [-0.25, -0.2) is 4.90 Å². The van der Waals surface area contributed by atoms with Crippen LogP contribution in [0.2, 0.25) is 0 Å². The molecule has 2 aliphatic rings. The van der Waals surface area contributed by atoms with Crippen LogP contribution in [0.4, 0.5) is 11.4 Å². The predicted octanol–water partition coefficient (Wildman–Crippen LogP) is 2.98. The van der Waals surface area contributed by atoms with E-state index in [0.29, 0.717) is 35.8 Å². The zero-order valence-corrected chi connectivity index (χ0v) is 15.8. The molecule has 0 bridgehead atoms. The van der Waals surface area contributed by atoms with Gasteiger partial charge < -0.3 is 9.64 Å². The molecule has 2 aromatic rings. The van der Waals surface area contributed by atoms with Gasteiger partial charge in [0, 0.05) is 25.2 Å². The van der Waals surface area contributed by atoms with E-state index in [-0.39, 0.29) is 17.2 Å². The zero-order valence-electron chi connectivity index (χ0n) is 15.8. The highest BCUT2D eigenvalue weighted by Gasteiger charge is 2.43. The van der Waals surface area contributed by atoms with Crippen molar-refractivity contribution in [1.29, 1.82) is 0 Å². The molecule has 148 valence electrons. The second kappa shape index (κ2) is 7.38. The van der Waals surface area contributed by atoms with E-state index in [4.69, 9.17) is 4.74 Å². The molecule has 8 heteroatoms. The summed E-state index contributed by atoms with van der Waals surface area (Å²) in [5.41, 5.74) is 1.52. The van der Waals surface area contributed by atoms with E-state index in [1.807, 2.05) is 4.90 Å². The molecule has 0 radical (unpaired) electrons. The Bertz CT molecular complexity index is 1010. The van der Waals surface area contributed by atoms with Crippen molar-refractivity contribution < 1.29 is 19.2 Å². The third kappa shape index (κ3) is 3.22. The molecule has 2 amide bonds. The molecule has 4 rings (SSSR count). The minimum Gasteiger partial charge on any atom is -0.497 e. The minimum absolute atomic E-state index is 0.0687. The molecule has 2 aromatic carbocycles. The van der Waals surface area contributed by atoms with Gasteiger partial charge in [0.1, 0.15) is 11.4 Å². The fourth-order valence-electron chi connectivity index (χ4n) is 3.73. The molecular formula is C21H19N3O5. The number of carbonyl (C=O) groups excluding carboxylic acids is 2. The van der Waals surface area contributed by atoms with Crippen LogP contribution in [0.3, 0.4) is 0 Å². The lowest BCUT2D eigenvalue weighted by Crippen LogP contribution is -2.34. The maximum Gasteiger partial charge on any atom is 0.282 e. The molecule has 2 aliphatic heterocycles. The van der Waals surface area contributed by atoms with Gasteiger partial charge in [0.2, 0.25) is 0 Å². The molecule has 1 saturated heterocycles. The summed E-state index contributed by atoms with van der Waals surface area (Å²) in [4.78, 5) is 40.1. The molecule has 0 aromatic heterocycles. The standard InChI is InChI=1S/C21H19N3O5/c1-29-17-10-8-15(9-11-17)23-20(25)18(14-4-6-16(7-5-14)24(27)28)19(21(23)26)22-12-2-3-13-22/h4-11H,2-3,12-13H2,1H3. The van der Waals surface area contributed by atoms with E-state index < -0.39 is 10.8 Å². The Morgan fingerprint density at radius 3 is 2.10 bits per heavy atom. The summed E-state index contributed by atoms with van der Waals surface area (Å²) in [6, 6.07) is 12.4. The molecule has 1 fully saturated rings. The number of rotatable bonds is 5. The molecule has 29 heavy (non-hydrogen) atoms. The number of likely N-dealkylation sites (tertiary alicyclic amines) is 1. The van der Waals surface area contributed by atoms with Crippen molar-refractivity contribution in [3.63, 3.8) is 0 Å². The van der Waals surface area contributed by atoms with Crippen molar-refractivity contribution in [3.05, 3.63) is 69.9 Å². The molecule has 0 unspecified atom stereocenters. The second-order valence-corrected chi connectivity index (χ2v) is 6.87. The van der Waals surface area contributed by atoms with Gasteiger partial charge in [-0.2, -0.15) is 0 Å². The fourth-order valence-corrected chi connectivity index (χ4v) is 3.73. The van der Waals surface area contributed by atoms with E-state index in [2.05, 4.69) is 0 Å². The van der Waals surface area contributed by atoms with E-state index in [1.165, 1.54) is 24.3 Å². The van der Waals surface area contributed by atoms with E-state index in [0.717, 1.165) is 17.7 Å². The summed E-state index contributed by atoms with van der Waals surface area (Å²) in [6.07, 6.45) is 1.89. The van der Waals surface area contributed by atoms with Crippen LogP contribution in [0, 0.1) is 10.1 Å². The Hall–Kier alpha value is -3.68. The Kier molecular flexibility index (Phi) is 4.75. The number of imide groups is 1. The van der Waals surface area contributed by atoms with Gasteiger partial charge in [0.05, 0.1) is 23.3 Å². The first-order valence-corrected chi connectivity index (χ1v) is 9.28. The van der Waals surface area contributed by atoms with Crippen LogP contribution in [0.15, 0.2) is 54.2 Å². The van der Waals surface area contributed by atoms with Crippen LogP contribution in [0.5, 0.6) is 5.75 Å². The number of nitro benzene ring substituents is 1. The van der Waals surface area contributed by atoms with Crippen molar-refractivity contribution in [2.45, 2.75) is 12.8 Å². The van der Waals surface area contributed by atoms with Crippen LogP contribution >= 0.6 is 0 Å². The van der Waals surface area contributed by atoms with Crippen molar-refractivity contribution in [3.8, 4) is 5.75 Å². The highest BCUT2D eigenvalue weighted by atomic mass is 16.6. The second-order valence-electron chi connectivity index (χ2n) is 6.87. The topological polar surface area (TPSA) is 93.0 Å². The number of hydrogen-bond donors (Lipinski definition) is 0. The summed E-state index contributed by atoms with van der Waals surface area (Å²) in [5, 5.41) is 11.0. The predicted molar refractivity (Wildman–Crippen MR) is 106 cm³/mol. The lowest BCUT2D eigenvalue weighted by atomic mass is 10.0. The molecule has 8 nitrogen and oxygen atoms in total. The Balaban J connectivity index is 1.78. The first-order valence-electron chi connectivity index (χ1n) is 9.28. The maximum absolute atomic E-state index is 13.3. The van der Waals surface area contributed by atoms with E-state index in [9.17, 15) is 19.7 Å². The summed E-state index contributed by atoms with van der Waals surface area (Å²) < 4.78 is 5.15. The van der Waals surface area contributed by atoms with Crippen molar-refractivity contribution >= 4 is 28.8 Å². The number of benzene rings is 2. The Morgan fingerprint density at radius 2 is 1.55 bits per heavy atom. The number of nitrogens with zero attached hydrogens (tertiary/aromatic N) is 3. The average Bonchev–Trinajstić information content (AvgIpc) is 3.34. The molecule has 2 heterocycles. The van der Waals surface area contributed by atoms with Gasteiger partial charge in [0.15, 0.2) is 0 Å². The minimum atomic E-state index is -0.495. The molecule has 0 atom stereocenters. The van der Waals surface area contributed by atoms with Crippen LogP contribution in [0.25, 0.3) is 5.57 Å². The number of hydrogen-bond acceptors (Lipinski definition) is 6. The third-order valence-corrected chi connectivity index (χ3v) is 5.18. The largest absolute Gasteiger partial charge is 0.497 e. The highest BCUT2D eigenvalue weighted by molar-refractivity contribution is 6.45. The summed E-state index contributed by atoms with van der Waals surface area (Å²) >= 11 is 0. The van der Waals surface area contributed by atoms with E-state index in [1.54, 1.807) is 31.4 Å². The first kappa shape index (κ1) is 18.7. The van der Waals surface area contributed by atoms with Gasteiger partial charge in [-0.05, 0) is 54.8 Å². The zero-order chi connectivity index (χ0) is 20.5. The Labute approximate surface area is 167 Å². The van der Waals surface area contributed by atoms with Crippen molar-refractivity contribution in [1.82, 2.24) is 4.90 Å². The molecular weight excluding hydrogens is 374 g/mol. The average molecular weight is 393 g/mol. The van der Waals surface area contributed by atoms with Crippen LogP contribution in [-0.2, 0) is 9.59 Å². The van der Waals surface area contributed by atoms with Gasteiger partial charge >= 0.3 is 0 Å². The van der Waals surface area contributed by atoms with Gasteiger partial charge in [-0.3, -0.25) is 19.7 Å². The molecule has 0 saturated carbocycles. The highest BCUT2D eigenvalue weighted by Crippen LogP contribution is 2.36. The van der Waals surface area contributed by atoms with Crippen molar-refractivity contribution in [2.75, 3.05) is 25.1 Å². The summed E-state index contributed by atoms with van der Waals surface area (Å²) in [6.45, 7) is 1.39. The fraction of sp³-hybridized carbons (Fsp3) is 0.238. The number of amides is 2. The van der Waals surface area contributed by atoms with E-state index >= 15 is 0 Å². The lowest BCUT2D eigenvalue weighted by Gasteiger charge is -2.20. The third-order valence-electron chi connectivity index (χ3n) is 5.18. The number of carbonyl (C=O) groups is 2. The number of methoxy groups -OCH3 is 1. The molecule has 0 spiro atoms. The summed E-state index contributed by atoms with van der Waals surface area (Å²) in [7, 11) is 1.54. The number of ether oxygens (including phenoxy) is 1.